The van der Waals surface area contributed by atoms with E-state index in [1.807, 2.05) is 33.8 Å². The smallest absolute Gasteiger partial charge is 0.399 e. The Labute approximate surface area is 102 Å². The van der Waals surface area contributed by atoms with Gasteiger partial charge in [-0.2, -0.15) is 5.26 Å². The Kier molecular flexibility index (Phi) is 2.88. The van der Waals surface area contributed by atoms with Gasteiger partial charge in [-0.25, -0.2) is 0 Å². The van der Waals surface area contributed by atoms with Crippen LogP contribution < -0.4 is 0 Å². The summed E-state index contributed by atoms with van der Waals surface area (Å²) < 4.78 is 11.8. The van der Waals surface area contributed by atoms with E-state index >= 15 is 0 Å². The van der Waals surface area contributed by atoms with Crippen molar-refractivity contribution in [3.8, 4) is 6.07 Å². The van der Waals surface area contributed by atoms with Crippen LogP contribution in [0.25, 0.3) is 0 Å². The molecule has 1 unspecified atom stereocenters. The Hall–Kier alpha value is -1.12. The summed E-state index contributed by atoms with van der Waals surface area (Å²) in [5.41, 5.74) is 0.242. The molecule has 0 aliphatic carbocycles. The van der Waals surface area contributed by atoms with Gasteiger partial charge in [0, 0.05) is 12.6 Å². The lowest BCUT2D eigenvalue weighted by atomic mass is 9.77. The second-order valence-electron chi connectivity index (χ2n) is 5.45. The van der Waals surface area contributed by atoms with Gasteiger partial charge in [0.05, 0.1) is 17.3 Å². The lowest BCUT2D eigenvalue weighted by Gasteiger charge is -2.32. The van der Waals surface area contributed by atoms with Crippen LogP contribution in [-0.2, 0) is 9.31 Å². The molecule has 2 rings (SSSR count). The summed E-state index contributed by atoms with van der Waals surface area (Å²) in [6.07, 6.45) is 4.30. The molecule has 1 saturated heterocycles. The Morgan fingerprint density at radius 2 is 1.94 bits per heavy atom. The summed E-state index contributed by atoms with van der Waals surface area (Å²) in [7, 11) is -0.372. The number of nitriles is 1. The van der Waals surface area contributed by atoms with Gasteiger partial charge >= 0.3 is 7.12 Å². The average Bonchev–Trinajstić information content (AvgIpc) is 2.48. The van der Waals surface area contributed by atoms with E-state index in [-0.39, 0.29) is 24.4 Å². The fourth-order valence-corrected chi connectivity index (χ4v) is 1.76. The van der Waals surface area contributed by atoms with Crippen molar-refractivity contribution in [2.24, 2.45) is 4.99 Å². The largest absolute Gasteiger partial charge is 0.496 e. The summed E-state index contributed by atoms with van der Waals surface area (Å²) in [6, 6.07) is 1.86. The summed E-state index contributed by atoms with van der Waals surface area (Å²) in [6.45, 7) is 8.08. The maximum absolute atomic E-state index is 8.75. The molecule has 2 aliphatic rings. The highest BCUT2D eigenvalue weighted by Crippen LogP contribution is 2.38. The minimum atomic E-state index is -0.372. The molecule has 0 radical (unpaired) electrons. The van der Waals surface area contributed by atoms with Crippen LogP contribution in [0.2, 0.25) is 0 Å². The summed E-state index contributed by atoms with van der Waals surface area (Å²) >= 11 is 0. The second kappa shape index (κ2) is 3.97. The van der Waals surface area contributed by atoms with Gasteiger partial charge in [-0.05, 0) is 33.2 Å². The number of aliphatic imine (C=N–C) groups is 1. The Morgan fingerprint density at radius 3 is 2.35 bits per heavy atom. The van der Waals surface area contributed by atoms with E-state index in [0.717, 1.165) is 5.47 Å². The average molecular weight is 232 g/mol. The van der Waals surface area contributed by atoms with Crippen LogP contribution in [0.3, 0.4) is 0 Å². The number of allylic oxidation sites excluding steroid dienone is 1. The number of rotatable bonds is 1. The molecule has 4 nitrogen and oxygen atoms in total. The van der Waals surface area contributed by atoms with Crippen molar-refractivity contribution in [1.82, 2.24) is 0 Å². The minimum Gasteiger partial charge on any atom is -0.399 e. The van der Waals surface area contributed by atoms with Crippen molar-refractivity contribution in [1.29, 1.82) is 5.26 Å². The molecule has 0 aromatic rings. The van der Waals surface area contributed by atoms with E-state index < -0.39 is 0 Å². The minimum absolute atomic E-state index is 0.263. The van der Waals surface area contributed by atoms with E-state index in [1.54, 1.807) is 6.21 Å². The molecule has 2 aliphatic heterocycles. The van der Waals surface area contributed by atoms with Crippen LogP contribution in [-0.4, -0.2) is 30.6 Å². The number of nitrogens with zero attached hydrogens (tertiary/aromatic N) is 2. The van der Waals surface area contributed by atoms with Gasteiger partial charge in [-0.1, -0.05) is 6.08 Å². The van der Waals surface area contributed by atoms with Crippen molar-refractivity contribution in [2.45, 2.75) is 51.4 Å². The van der Waals surface area contributed by atoms with Gasteiger partial charge < -0.3 is 9.31 Å². The highest BCUT2D eigenvalue weighted by Gasteiger charge is 2.52. The number of hydrogen-bond donors (Lipinski definition) is 0. The van der Waals surface area contributed by atoms with Crippen molar-refractivity contribution in [3.63, 3.8) is 0 Å². The fourth-order valence-electron chi connectivity index (χ4n) is 1.76. The molecule has 1 fully saturated rings. The molecule has 0 amide bonds. The van der Waals surface area contributed by atoms with Crippen LogP contribution >= 0.6 is 0 Å². The van der Waals surface area contributed by atoms with E-state index in [0.29, 0.717) is 6.42 Å². The highest BCUT2D eigenvalue weighted by molar-refractivity contribution is 6.60. The van der Waals surface area contributed by atoms with Crippen LogP contribution in [0.4, 0.5) is 0 Å². The van der Waals surface area contributed by atoms with Crippen LogP contribution in [0.1, 0.15) is 34.1 Å². The molecular weight excluding hydrogens is 215 g/mol. The molecule has 0 spiro atoms. The highest BCUT2D eigenvalue weighted by atomic mass is 16.7. The SMILES string of the molecule is CC1(C)OB(C2=CCC(C#N)N=C2)OC1(C)C. The predicted octanol–water partition coefficient (Wildman–Crippen LogP) is 1.91. The monoisotopic (exact) mass is 232 g/mol. The van der Waals surface area contributed by atoms with Gasteiger partial charge in [-0.3, -0.25) is 4.99 Å². The van der Waals surface area contributed by atoms with Gasteiger partial charge in [0.25, 0.3) is 0 Å². The van der Waals surface area contributed by atoms with Crippen molar-refractivity contribution in [2.75, 3.05) is 0 Å². The molecule has 1 atom stereocenters. The first-order valence-electron chi connectivity index (χ1n) is 5.84. The van der Waals surface area contributed by atoms with Gasteiger partial charge in [0.1, 0.15) is 6.04 Å². The standard InChI is InChI=1S/C12H17BN2O2/c1-11(2)12(3,4)17-13(16-11)9-5-6-10(7-14)15-8-9/h5,8,10H,6H2,1-4H3. The third-order valence-electron chi connectivity index (χ3n) is 3.65. The topological polar surface area (TPSA) is 54.6 Å². The Bertz CT molecular complexity index is 405. The zero-order valence-corrected chi connectivity index (χ0v) is 10.7. The fraction of sp³-hybridized carbons (Fsp3) is 0.667. The van der Waals surface area contributed by atoms with E-state index in [1.165, 1.54) is 0 Å². The molecule has 0 aromatic heterocycles. The lowest BCUT2D eigenvalue weighted by molar-refractivity contribution is 0.00578. The molecule has 5 heteroatoms. The normalized spacial score (nSPS) is 29.9. The first kappa shape index (κ1) is 12.3. The summed E-state index contributed by atoms with van der Waals surface area (Å²) in [5.74, 6) is 0. The van der Waals surface area contributed by atoms with Crippen LogP contribution in [0.15, 0.2) is 16.5 Å². The van der Waals surface area contributed by atoms with Gasteiger partial charge in [-0.15, -0.1) is 0 Å². The third kappa shape index (κ3) is 2.15. The van der Waals surface area contributed by atoms with Crippen LogP contribution in [0, 0.1) is 11.3 Å². The third-order valence-corrected chi connectivity index (χ3v) is 3.65. The Balaban J connectivity index is 2.11. The maximum atomic E-state index is 8.75. The zero-order chi connectivity index (χ0) is 12.7. The first-order valence-corrected chi connectivity index (χ1v) is 5.84. The van der Waals surface area contributed by atoms with Crippen LogP contribution in [0.5, 0.6) is 0 Å². The zero-order valence-electron chi connectivity index (χ0n) is 10.7. The number of hydrogen-bond acceptors (Lipinski definition) is 4. The lowest BCUT2D eigenvalue weighted by Crippen LogP contribution is -2.41. The van der Waals surface area contributed by atoms with Crippen molar-refractivity contribution in [3.05, 3.63) is 11.5 Å². The summed E-state index contributed by atoms with van der Waals surface area (Å²) in [4.78, 5) is 4.16. The predicted molar refractivity (Wildman–Crippen MR) is 66.7 cm³/mol. The van der Waals surface area contributed by atoms with E-state index in [2.05, 4.69) is 11.1 Å². The molecule has 2 heterocycles. The van der Waals surface area contributed by atoms with E-state index in [9.17, 15) is 0 Å². The molecular formula is C12H17BN2O2. The molecule has 90 valence electrons. The maximum Gasteiger partial charge on any atom is 0.496 e. The quantitative estimate of drug-likeness (QED) is 0.649. The molecule has 0 saturated carbocycles. The molecule has 17 heavy (non-hydrogen) atoms. The van der Waals surface area contributed by atoms with Gasteiger partial charge in [0.15, 0.2) is 0 Å². The number of dihydropyridines is 1. The first-order chi connectivity index (χ1) is 7.86. The van der Waals surface area contributed by atoms with Crippen molar-refractivity contribution < 1.29 is 9.31 Å². The van der Waals surface area contributed by atoms with Crippen molar-refractivity contribution >= 4 is 13.3 Å². The van der Waals surface area contributed by atoms with E-state index in [4.69, 9.17) is 14.6 Å². The van der Waals surface area contributed by atoms with Gasteiger partial charge in [0.2, 0.25) is 0 Å². The molecule has 0 bridgehead atoms. The Morgan fingerprint density at radius 1 is 1.35 bits per heavy atom. The molecule has 0 aromatic carbocycles. The second-order valence-corrected chi connectivity index (χ2v) is 5.45. The molecule has 0 N–H and O–H groups in total. The summed E-state index contributed by atoms with van der Waals surface area (Å²) in [5, 5.41) is 8.75.